The molecule has 114 valence electrons. The van der Waals surface area contributed by atoms with Gasteiger partial charge in [0.1, 0.15) is 5.75 Å². The van der Waals surface area contributed by atoms with Gasteiger partial charge >= 0.3 is 0 Å². The van der Waals surface area contributed by atoms with Crippen LogP contribution in [0.3, 0.4) is 0 Å². The number of amides is 1. The number of anilines is 1. The van der Waals surface area contributed by atoms with Crippen molar-refractivity contribution < 1.29 is 19.4 Å². The third-order valence-corrected chi connectivity index (χ3v) is 4.06. The van der Waals surface area contributed by atoms with Gasteiger partial charge in [-0.3, -0.25) is 4.79 Å². The van der Waals surface area contributed by atoms with Crippen LogP contribution in [0.25, 0.3) is 0 Å². The molecule has 0 aliphatic heterocycles. The van der Waals surface area contributed by atoms with Crippen molar-refractivity contribution in [1.82, 2.24) is 0 Å². The number of methoxy groups -OCH3 is 1. The van der Waals surface area contributed by atoms with E-state index in [-0.39, 0.29) is 5.91 Å². The van der Waals surface area contributed by atoms with Crippen LogP contribution in [-0.4, -0.2) is 19.0 Å². The van der Waals surface area contributed by atoms with Gasteiger partial charge < -0.3 is 20.0 Å². The van der Waals surface area contributed by atoms with Crippen LogP contribution in [0.2, 0.25) is 5.02 Å². The lowest BCUT2D eigenvalue weighted by Gasteiger charge is -2.31. The fourth-order valence-electron chi connectivity index (χ4n) is 2.73. The number of nitrogens with one attached hydrogen (secondary N) is 1. The summed E-state index contributed by atoms with van der Waals surface area (Å²) in [5.74, 6) is -2.32. The molecule has 0 heterocycles. The molecule has 2 atom stereocenters. The summed E-state index contributed by atoms with van der Waals surface area (Å²) < 4.78 is 5.16. The van der Waals surface area contributed by atoms with Gasteiger partial charge in [-0.1, -0.05) is 24.4 Å². The van der Waals surface area contributed by atoms with E-state index in [1.165, 1.54) is 7.11 Å². The second-order valence-electron chi connectivity index (χ2n) is 5.15. The SMILES string of the molecule is COc1ccc(Cl)cc1NC(=O)[C@@H]1CCCC[C@@H]1C(=O)[O-]. The first-order valence-electron chi connectivity index (χ1n) is 6.88. The Kier molecular flexibility index (Phi) is 5.07. The Hall–Kier alpha value is -1.75. The fraction of sp³-hybridized carbons (Fsp3) is 0.467. The van der Waals surface area contributed by atoms with Crippen molar-refractivity contribution in [1.29, 1.82) is 0 Å². The highest BCUT2D eigenvalue weighted by atomic mass is 35.5. The molecule has 1 aliphatic carbocycles. The number of hydrogen-bond acceptors (Lipinski definition) is 4. The van der Waals surface area contributed by atoms with E-state index in [1.807, 2.05) is 0 Å². The third kappa shape index (κ3) is 3.67. The van der Waals surface area contributed by atoms with Crippen LogP contribution >= 0.6 is 11.6 Å². The second-order valence-corrected chi connectivity index (χ2v) is 5.59. The average molecular weight is 311 g/mol. The zero-order valence-electron chi connectivity index (χ0n) is 11.7. The van der Waals surface area contributed by atoms with Crippen molar-refractivity contribution >= 4 is 29.2 Å². The first kappa shape index (κ1) is 15.6. The first-order valence-corrected chi connectivity index (χ1v) is 7.26. The van der Waals surface area contributed by atoms with Gasteiger partial charge in [0.05, 0.1) is 12.8 Å². The van der Waals surface area contributed by atoms with Gasteiger partial charge in [0.15, 0.2) is 0 Å². The summed E-state index contributed by atoms with van der Waals surface area (Å²) in [7, 11) is 1.49. The number of halogens is 1. The lowest BCUT2D eigenvalue weighted by Crippen LogP contribution is -2.42. The lowest BCUT2D eigenvalue weighted by atomic mass is 9.78. The van der Waals surface area contributed by atoms with Crippen molar-refractivity contribution in [2.75, 3.05) is 12.4 Å². The minimum absolute atomic E-state index is 0.329. The first-order chi connectivity index (χ1) is 10.0. The van der Waals surface area contributed by atoms with Gasteiger partial charge in [-0.15, -0.1) is 0 Å². The molecule has 1 saturated carbocycles. The Bertz CT molecular complexity index is 546. The number of carboxylic acid groups (broad SMARTS) is 1. The Morgan fingerprint density at radius 3 is 2.57 bits per heavy atom. The summed E-state index contributed by atoms with van der Waals surface area (Å²) in [6, 6.07) is 4.88. The highest BCUT2D eigenvalue weighted by molar-refractivity contribution is 6.31. The van der Waals surface area contributed by atoms with E-state index < -0.39 is 17.8 Å². The van der Waals surface area contributed by atoms with Gasteiger partial charge in [0.25, 0.3) is 0 Å². The molecule has 0 radical (unpaired) electrons. The van der Waals surface area contributed by atoms with Crippen molar-refractivity contribution in [3.05, 3.63) is 23.2 Å². The quantitative estimate of drug-likeness (QED) is 0.920. The third-order valence-electron chi connectivity index (χ3n) is 3.82. The summed E-state index contributed by atoms with van der Waals surface area (Å²) in [5, 5.41) is 14.3. The van der Waals surface area contributed by atoms with E-state index >= 15 is 0 Å². The monoisotopic (exact) mass is 310 g/mol. The number of carbonyl (C=O) groups excluding carboxylic acids is 2. The van der Waals surface area contributed by atoms with Crippen LogP contribution in [0.4, 0.5) is 5.69 Å². The number of carboxylic acids is 1. The number of aliphatic carboxylic acids is 1. The molecular formula is C15H17ClNO4-. The molecule has 1 N–H and O–H groups in total. The van der Waals surface area contributed by atoms with E-state index in [0.717, 1.165) is 12.8 Å². The molecule has 0 aromatic heterocycles. The van der Waals surface area contributed by atoms with Gasteiger partial charge in [0.2, 0.25) is 5.91 Å². The number of rotatable bonds is 4. The van der Waals surface area contributed by atoms with Crippen LogP contribution < -0.4 is 15.2 Å². The zero-order chi connectivity index (χ0) is 15.4. The number of ether oxygens (including phenoxy) is 1. The number of benzene rings is 1. The molecule has 21 heavy (non-hydrogen) atoms. The van der Waals surface area contributed by atoms with E-state index in [0.29, 0.717) is 29.3 Å². The second kappa shape index (κ2) is 6.80. The topological polar surface area (TPSA) is 78.5 Å². The summed E-state index contributed by atoms with van der Waals surface area (Å²) >= 11 is 5.91. The summed E-state index contributed by atoms with van der Waals surface area (Å²) in [5.41, 5.74) is 0.442. The summed E-state index contributed by atoms with van der Waals surface area (Å²) in [4.78, 5) is 23.5. The Labute approximate surface area is 128 Å². The summed E-state index contributed by atoms with van der Waals surface area (Å²) in [6.45, 7) is 0. The van der Waals surface area contributed by atoms with Gasteiger partial charge in [-0.2, -0.15) is 0 Å². The highest BCUT2D eigenvalue weighted by Crippen LogP contribution is 2.33. The Balaban J connectivity index is 2.16. The Morgan fingerprint density at radius 1 is 1.29 bits per heavy atom. The molecule has 1 fully saturated rings. The smallest absolute Gasteiger partial charge is 0.228 e. The predicted molar refractivity (Wildman–Crippen MR) is 77.1 cm³/mol. The fourth-order valence-corrected chi connectivity index (χ4v) is 2.90. The molecule has 2 rings (SSSR count). The zero-order valence-corrected chi connectivity index (χ0v) is 12.5. The molecular weight excluding hydrogens is 294 g/mol. The maximum atomic E-state index is 12.4. The minimum Gasteiger partial charge on any atom is -0.550 e. The molecule has 0 spiro atoms. The molecule has 0 unspecified atom stereocenters. The molecule has 1 amide bonds. The van der Waals surface area contributed by atoms with E-state index in [9.17, 15) is 14.7 Å². The molecule has 1 aliphatic rings. The number of hydrogen-bond donors (Lipinski definition) is 1. The van der Waals surface area contributed by atoms with Crippen LogP contribution in [0.1, 0.15) is 25.7 Å². The molecule has 5 nitrogen and oxygen atoms in total. The van der Waals surface area contributed by atoms with Crippen LogP contribution in [0, 0.1) is 11.8 Å². The highest BCUT2D eigenvalue weighted by Gasteiger charge is 2.32. The van der Waals surface area contributed by atoms with Gasteiger partial charge in [-0.25, -0.2) is 0 Å². The largest absolute Gasteiger partial charge is 0.550 e. The van der Waals surface area contributed by atoms with Crippen LogP contribution in [0.5, 0.6) is 5.75 Å². The average Bonchev–Trinajstić information content (AvgIpc) is 2.47. The normalized spacial score (nSPS) is 21.6. The van der Waals surface area contributed by atoms with Gasteiger partial charge in [-0.05, 0) is 31.0 Å². The molecule has 6 heteroatoms. The van der Waals surface area contributed by atoms with E-state index in [2.05, 4.69) is 5.32 Å². The number of carbonyl (C=O) groups is 2. The van der Waals surface area contributed by atoms with E-state index in [1.54, 1.807) is 18.2 Å². The molecule has 0 bridgehead atoms. The van der Waals surface area contributed by atoms with Crippen LogP contribution in [0.15, 0.2) is 18.2 Å². The minimum atomic E-state index is -1.16. The van der Waals surface area contributed by atoms with Crippen molar-refractivity contribution in [3.8, 4) is 5.75 Å². The van der Waals surface area contributed by atoms with Crippen molar-refractivity contribution in [3.63, 3.8) is 0 Å². The molecule has 1 aromatic rings. The lowest BCUT2D eigenvalue weighted by molar-refractivity contribution is -0.313. The maximum absolute atomic E-state index is 12.4. The van der Waals surface area contributed by atoms with Crippen molar-refractivity contribution in [2.24, 2.45) is 11.8 Å². The predicted octanol–water partition coefficient (Wildman–Crippen LogP) is 1.84. The van der Waals surface area contributed by atoms with Gasteiger partial charge in [0, 0.05) is 22.8 Å². The van der Waals surface area contributed by atoms with Crippen LogP contribution in [-0.2, 0) is 9.59 Å². The Morgan fingerprint density at radius 2 is 1.95 bits per heavy atom. The summed E-state index contributed by atoms with van der Waals surface area (Å²) in [6.07, 6.45) is 2.68. The molecule has 0 saturated heterocycles. The standard InChI is InChI=1S/C15H18ClNO4/c1-21-13-7-6-9(16)8-12(13)17-14(18)10-4-2-3-5-11(10)15(19)20/h6-8,10-11H,2-5H2,1H3,(H,17,18)(H,19,20)/p-1/t10-,11+/m1/s1. The maximum Gasteiger partial charge on any atom is 0.228 e. The van der Waals surface area contributed by atoms with E-state index in [4.69, 9.17) is 16.3 Å². The molecule has 1 aromatic carbocycles. The van der Waals surface area contributed by atoms with Crippen molar-refractivity contribution in [2.45, 2.75) is 25.7 Å².